The summed E-state index contributed by atoms with van der Waals surface area (Å²) in [5, 5.41) is -0.176. The number of ether oxygens (including phenoxy) is 2. The molecule has 3 aliphatic rings. The highest BCUT2D eigenvalue weighted by atomic mass is 32.2. The molecule has 3 aliphatic heterocycles. The van der Waals surface area contributed by atoms with Crippen molar-refractivity contribution >= 4 is 29.0 Å². The van der Waals surface area contributed by atoms with Crippen LogP contribution in [0.5, 0.6) is 11.5 Å². The number of imide groups is 1. The summed E-state index contributed by atoms with van der Waals surface area (Å²) in [7, 11) is 0. The second-order valence-electron chi connectivity index (χ2n) is 6.19. The van der Waals surface area contributed by atoms with Crippen molar-refractivity contribution in [3.63, 3.8) is 0 Å². The molecule has 126 valence electrons. The minimum atomic E-state index is -0.194. The van der Waals surface area contributed by atoms with E-state index in [-0.39, 0.29) is 17.9 Å². The predicted molar refractivity (Wildman–Crippen MR) is 89.8 cm³/mol. The van der Waals surface area contributed by atoms with E-state index in [0.29, 0.717) is 23.1 Å². The molecule has 6 nitrogen and oxygen atoms in total. The van der Waals surface area contributed by atoms with E-state index in [1.807, 2.05) is 18.2 Å². The van der Waals surface area contributed by atoms with Gasteiger partial charge in [0.2, 0.25) is 6.79 Å². The number of thioether (sulfide) groups is 1. The molecule has 7 heteroatoms. The van der Waals surface area contributed by atoms with Crippen molar-refractivity contribution < 1.29 is 24.0 Å². The molecule has 1 aromatic rings. The number of nitrogens with zero attached hydrogens (tertiary/aromatic N) is 1. The summed E-state index contributed by atoms with van der Waals surface area (Å²) in [6.45, 7) is 2.75. The molecule has 0 unspecified atom stereocenters. The molecular weight excluding hydrogens is 328 g/mol. The zero-order valence-electron chi connectivity index (χ0n) is 13.2. The van der Waals surface area contributed by atoms with Crippen LogP contribution >= 0.6 is 11.8 Å². The summed E-state index contributed by atoms with van der Waals surface area (Å²) in [6.07, 6.45) is 5.32. The first-order valence-electron chi connectivity index (χ1n) is 8.19. The van der Waals surface area contributed by atoms with Crippen LogP contribution in [0.25, 0.3) is 6.08 Å². The number of fused-ring (bicyclic) bond motifs is 1. The maximum Gasteiger partial charge on any atom is 0.298 e. The van der Waals surface area contributed by atoms with Gasteiger partial charge in [-0.25, -0.2) is 4.90 Å². The molecule has 2 fully saturated rings. The Morgan fingerprint density at radius 1 is 1.12 bits per heavy atom. The number of amides is 2. The molecule has 1 aromatic carbocycles. The van der Waals surface area contributed by atoms with Crippen LogP contribution in [0.2, 0.25) is 0 Å². The van der Waals surface area contributed by atoms with E-state index < -0.39 is 0 Å². The molecule has 0 atom stereocenters. The SMILES string of the molecule is O=C1S/C(=C/c2ccc3c(c2)OCO3)C(=O)N1C[NH+]1CCCCC1. The minimum Gasteiger partial charge on any atom is -0.454 e. The summed E-state index contributed by atoms with van der Waals surface area (Å²) in [6, 6.07) is 5.50. The van der Waals surface area contributed by atoms with E-state index in [1.54, 1.807) is 6.08 Å². The van der Waals surface area contributed by atoms with Crippen LogP contribution in [0.1, 0.15) is 24.8 Å². The smallest absolute Gasteiger partial charge is 0.298 e. The van der Waals surface area contributed by atoms with Gasteiger partial charge in [0, 0.05) is 0 Å². The maximum absolute atomic E-state index is 12.6. The Bertz CT molecular complexity index is 713. The number of rotatable bonds is 3. The summed E-state index contributed by atoms with van der Waals surface area (Å²) < 4.78 is 10.6. The maximum atomic E-state index is 12.6. The van der Waals surface area contributed by atoms with Crippen LogP contribution in [0.15, 0.2) is 23.1 Å². The highest BCUT2D eigenvalue weighted by molar-refractivity contribution is 8.18. The second-order valence-corrected chi connectivity index (χ2v) is 7.18. The molecule has 0 bridgehead atoms. The van der Waals surface area contributed by atoms with Crippen molar-refractivity contribution in [2.75, 3.05) is 26.6 Å². The molecule has 2 saturated heterocycles. The summed E-state index contributed by atoms with van der Waals surface area (Å²) in [5.74, 6) is 1.18. The fraction of sp³-hybridized carbons (Fsp3) is 0.412. The van der Waals surface area contributed by atoms with E-state index in [9.17, 15) is 9.59 Å². The Morgan fingerprint density at radius 2 is 1.92 bits per heavy atom. The lowest BCUT2D eigenvalue weighted by Crippen LogP contribution is -3.14. The van der Waals surface area contributed by atoms with Gasteiger partial charge in [-0.2, -0.15) is 0 Å². The standard InChI is InChI=1S/C17H18N2O4S/c20-16-15(9-12-4-5-13-14(8-12)23-11-22-13)24-17(21)19(16)10-18-6-2-1-3-7-18/h4-5,8-9H,1-3,6-7,10-11H2/p+1/b15-9+. The Balaban J connectivity index is 1.50. The van der Waals surface area contributed by atoms with Crippen molar-refractivity contribution in [3.05, 3.63) is 28.7 Å². The van der Waals surface area contributed by atoms with Gasteiger partial charge in [0.05, 0.1) is 18.0 Å². The normalized spacial score (nSPS) is 22.7. The summed E-state index contributed by atoms with van der Waals surface area (Å²) >= 11 is 1.01. The van der Waals surface area contributed by atoms with Crippen LogP contribution in [0.4, 0.5) is 4.79 Å². The molecule has 3 heterocycles. The molecule has 0 aromatic heterocycles. The van der Waals surface area contributed by atoms with Crippen molar-refractivity contribution in [1.29, 1.82) is 0 Å². The minimum absolute atomic E-state index is 0.176. The topological polar surface area (TPSA) is 60.3 Å². The molecule has 0 aliphatic carbocycles. The van der Waals surface area contributed by atoms with Crippen molar-refractivity contribution in [1.82, 2.24) is 4.90 Å². The number of hydrogen-bond donors (Lipinski definition) is 1. The summed E-state index contributed by atoms with van der Waals surface area (Å²) in [5.41, 5.74) is 0.829. The number of nitrogens with one attached hydrogen (secondary N) is 1. The van der Waals surface area contributed by atoms with E-state index in [1.165, 1.54) is 29.1 Å². The van der Waals surface area contributed by atoms with Gasteiger partial charge in [0.1, 0.15) is 0 Å². The fourth-order valence-corrected chi connectivity index (χ4v) is 4.06. The molecule has 0 saturated carbocycles. The van der Waals surface area contributed by atoms with Crippen LogP contribution in [-0.4, -0.2) is 42.6 Å². The Hall–Kier alpha value is -1.99. The number of carbonyl (C=O) groups is 2. The lowest BCUT2D eigenvalue weighted by molar-refractivity contribution is -0.912. The third-order valence-corrected chi connectivity index (χ3v) is 5.42. The number of likely N-dealkylation sites (tertiary alicyclic amines) is 1. The Labute approximate surface area is 144 Å². The first kappa shape index (κ1) is 15.5. The van der Waals surface area contributed by atoms with Gasteiger partial charge >= 0.3 is 0 Å². The monoisotopic (exact) mass is 347 g/mol. The average Bonchev–Trinajstić information content (AvgIpc) is 3.16. The molecule has 4 rings (SSSR count). The van der Waals surface area contributed by atoms with E-state index in [0.717, 1.165) is 30.4 Å². The van der Waals surface area contributed by atoms with Gasteiger partial charge in [0.25, 0.3) is 11.1 Å². The first-order valence-corrected chi connectivity index (χ1v) is 9.01. The predicted octanol–water partition coefficient (Wildman–Crippen LogP) is 1.48. The zero-order valence-corrected chi connectivity index (χ0v) is 14.1. The van der Waals surface area contributed by atoms with Crippen molar-refractivity contribution in [2.24, 2.45) is 0 Å². The van der Waals surface area contributed by atoms with Gasteiger partial charge in [-0.15, -0.1) is 0 Å². The third kappa shape index (κ3) is 3.01. The van der Waals surface area contributed by atoms with Crippen molar-refractivity contribution in [3.8, 4) is 11.5 Å². The third-order valence-electron chi connectivity index (χ3n) is 4.51. The second kappa shape index (κ2) is 6.49. The Morgan fingerprint density at radius 3 is 2.75 bits per heavy atom. The average molecular weight is 347 g/mol. The van der Waals surface area contributed by atoms with E-state index in [4.69, 9.17) is 9.47 Å². The highest BCUT2D eigenvalue weighted by Gasteiger charge is 2.37. The zero-order chi connectivity index (χ0) is 16.5. The molecule has 0 spiro atoms. The first-order chi connectivity index (χ1) is 11.7. The van der Waals surface area contributed by atoms with Crippen LogP contribution in [0, 0.1) is 0 Å². The largest absolute Gasteiger partial charge is 0.454 e. The van der Waals surface area contributed by atoms with Gasteiger partial charge < -0.3 is 14.4 Å². The Kier molecular flexibility index (Phi) is 4.20. The van der Waals surface area contributed by atoms with Gasteiger partial charge in [-0.1, -0.05) is 6.07 Å². The molecule has 24 heavy (non-hydrogen) atoms. The van der Waals surface area contributed by atoms with Gasteiger partial charge in [0.15, 0.2) is 18.2 Å². The van der Waals surface area contributed by atoms with Gasteiger partial charge in [-0.05, 0) is 54.8 Å². The van der Waals surface area contributed by atoms with Crippen molar-refractivity contribution in [2.45, 2.75) is 19.3 Å². The molecule has 2 amide bonds. The number of benzene rings is 1. The summed E-state index contributed by atoms with van der Waals surface area (Å²) in [4.78, 5) is 27.9. The van der Waals surface area contributed by atoms with E-state index >= 15 is 0 Å². The molecular formula is C17H19N2O4S+. The van der Waals surface area contributed by atoms with E-state index in [2.05, 4.69) is 0 Å². The number of hydrogen-bond acceptors (Lipinski definition) is 5. The molecule has 1 N–H and O–H groups in total. The fourth-order valence-electron chi connectivity index (χ4n) is 3.22. The lowest BCUT2D eigenvalue weighted by atomic mass is 10.1. The quantitative estimate of drug-likeness (QED) is 0.840. The van der Waals surface area contributed by atoms with Crippen LogP contribution in [-0.2, 0) is 4.79 Å². The lowest BCUT2D eigenvalue weighted by Gasteiger charge is -2.26. The van der Waals surface area contributed by atoms with Crippen LogP contribution in [0.3, 0.4) is 0 Å². The molecule has 0 radical (unpaired) electrons. The number of carbonyl (C=O) groups excluding carboxylic acids is 2. The highest BCUT2D eigenvalue weighted by Crippen LogP contribution is 2.35. The number of piperidine rings is 1. The number of quaternary nitrogens is 1. The van der Waals surface area contributed by atoms with Gasteiger partial charge in [-0.3, -0.25) is 9.59 Å². The van der Waals surface area contributed by atoms with Crippen LogP contribution < -0.4 is 14.4 Å².